The minimum absolute atomic E-state index is 0.326. The van der Waals surface area contributed by atoms with E-state index in [-0.39, 0.29) is 0 Å². The van der Waals surface area contributed by atoms with Crippen molar-refractivity contribution in [2.75, 3.05) is 11.9 Å². The molecule has 34 heavy (non-hydrogen) atoms. The van der Waals surface area contributed by atoms with E-state index >= 15 is 0 Å². The van der Waals surface area contributed by atoms with Gasteiger partial charge in [0.2, 0.25) is 17.6 Å². The maximum absolute atomic E-state index is 13.3. The molecule has 4 amide bonds. The highest BCUT2D eigenvalue weighted by atomic mass is 16.5. The monoisotopic (exact) mass is 455 g/mol. The highest BCUT2D eigenvalue weighted by molar-refractivity contribution is 6.10. The summed E-state index contributed by atoms with van der Waals surface area (Å²) >= 11 is 0. The second-order valence-corrected chi connectivity index (χ2v) is 8.24. The Bertz CT molecular complexity index is 1450. The van der Waals surface area contributed by atoms with Crippen LogP contribution < -0.4 is 10.6 Å². The summed E-state index contributed by atoms with van der Waals surface area (Å²) in [5.41, 5.74) is 0.371. The highest BCUT2D eigenvalue weighted by Gasteiger charge is 2.49. The number of amides is 4. The van der Waals surface area contributed by atoms with Crippen molar-refractivity contribution < 1.29 is 18.9 Å². The molecule has 3 aromatic carbocycles. The molecule has 1 aliphatic heterocycles. The van der Waals surface area contributed by atoms with Crippen LogP contribution in [0.1, 0.15) is 18.4 Å². The van der Waals surface area contributed by atoms with E-state index in [0.29, 0.717) is 28.5 Å². The molecular weight excluding hydrogens is 434 g/mol. The van der Waals surface area contributed by atoms with Crippen LogP contribution in [0.25, 0.3) is 22.2 Å². The van der Waals surface area contributed by atoms with Crippen molar-refractivity contribution in [3.05, 3.63) is 78.2 Å². The van der Waals surface area contributed by atoms with E-state index in [2.05, 4.69) is 20.8 Å². The molecule has 1 saturated heterocycles. The number of rotatable bonds is 5. The molecule has 0 radical (unpaired) electrons. The van der Waals surface area contributed by atoms with E-state index in [4.69, 9.17) is 4.52 Å². The molecule has 170 valence electrons. The number of urea groups is 1. The zero-order valence-electron chi connectivity index (χ0n) is 18.5. The highest BCUT2D eigenvalue weighted by Crippen LogP contribution is 2.31. The quantitative estimate of drug-likeness (QED) is 0.444. The third kappa shape index (κ3) is 3.66. The van der Waals surface area contributed by atoms with Crippen molar-refractivity contribution in [1.29, 1.82) is 0 Å². The van der Waals surface area contributed by atoms with Crippen LogP contribution in [0.4, 0.5) is 10.5 Å². The lowest BCUT2D eigenvalue weighted by molar-refractivity contribution is -0.133. The fourth-order valence-electron chi connectivity index (χ4n) is 4.07. The third-order valence-electron chi connectivity index (χ3n) is 5.87. The zero-order valence-corrected chi connectivity index (χ0v) is 18.5. The van der Waals surface area contributed by atoms with E-state index in [9.17, 15) is 14.4 Å². The maximum Gasteiger partial charge on any atom is 0.325 e. The van der Waals surface area contributed by atoms with Crippen molar-refractivity contribution >= 4 is 34.3 Å². The molecule has 9 nitrogen and oxygen atoms in total. The molecule has 5 rings (SSSR count). The Labute approximate surface area is 194 Å². The van der Waals surface area contributed by atoms with E-state index < -0.39 is 29.9 Å². The molecule has 4 aromatic rings. The number of nitrogens with one attached hydrogen (secondary N) is 2. The van der Waals surface area contributed by atoms with Gasteiger partial charge in [-0.3, -0.25) is 14.5 Å². The molecule has 1 fully saturated rings. The van der Waals surface area contributed by atoms with Gasteiger partial charge in [0.05, 0.1) is 5.69 Å². The number of hydrogen-bond donors (Lipinski definition) is 2. The van der Waals surface area contributed by atoms with E-state index in [1.807, 2.05) is 42.5 Å². The van der Waals surface area contributed by atoms with Crippen LogP contribution in [-0.2, 0) is 15.1 Å². The van der Waals surface area contributed by atoms with E-state index in [1.54, 1.807) is 38.1 Å². The second kappa shape index (κ2) is 8.11. The number of anilines is 1. The molecule has 1 unspecified atom stereocenters. The van der Waals surface area contributed by atoms with Gasteiger partial charge in [0.1, 0.15) is 12.1 Å². The SMILES string of the molecule is Cc1nc(-c2ccccc2NC(=O)CN2C(=O)NC(C)(c3ccc4ccccc4c3)C2=O)no1. The van der Waals surface area contributed by atoms with Crippen LogP contribution in [0.5, 0.6) is 0 Å². The summed E-state index contributed by atoms with van der Waals surface area (Å²) in [6.07, 6.45) is 0. The Kier molecular flexibility index (Phi) is 5.09. The second-order valence-electron chi connectivity index (χ2n) is 8.24. The number of carbonyl (C=O) groups excluding carboxylic acids is 3. The Morgan fingerprint density at radius 2 is 1.79 bits per heavy atom. The first-order valence-corrected chi connectivity index (χ1v) is 10.7. The Balaban J connectivity index is 1.36. The van der Waals surface area contributed by atoms with Gasteiger partial charge in [0.25, 0.3) is 5.91 Å². The topological polar surface area (TPSA) is 117 Å². The summed E-state index contributed by atoms with van der Waals surface area (Å²) in [4.78, 5) is 43.9. The number of carbonyl (C=O) groups is 3. The van der Waals surface area contributed by atoms with E-state index in [0.717, 1.165) is 15.7 Å². The van der Waals surface area contributed by atoms with Crippen LogP contribution in [0.15, 0.2) is 71.3 Å². The number of benzene rings is 3. The lowest BCUT2D eigenvalue weighted by atomic mass is 9.90. The Morgan fingerprint density at radius 3 is 2.56 bits per heavy atom. The smallest absolute Gasteiger partial charge is 0.325 e. The fourth-order valence-corrected chi connectivity index (χ4v) is 4.07. The number of aromatic nitrogens is 2. The van der Waals surface area contributed by atoms with Crippen LogP contribution in [-0.4, -0.2) is 39.4 Å². The molecule has 1 aliphatic rings. The van der Waals surface area contributed by atoms with Gasteiger partial charge in [0, 0.05) is 12.5 Å². The van der Waals surface area contributed by atoms with Gasteiger partial charge < -0.3 is 15.2 Å². The Hall–Kier alpha value is -4.53. The van der Waals surface area contributed by atoms with Crippen molar-refractivity contribution in [3.8, 4) is 11.4 Å². The molecule has 0 bridgehead atoms. The van der Waals surface area contributed by atoms with Gasteiger partial charge in [-0.15, -0.1) is 0 Å². The summed E-state index contributed by atoms with van der Waals surface area (Å²) in [6, 6.07) is 19.7. The minimum Gasteiger partial charge on any atom is -0.339 e. The number of para-hydroxylation sites is 1. The van der Waals surface area contributed by atoms with Crippen LogP contribution >= 0.6 is 0 Å². The molecule has 0 spiro atoms. The van der Waals surface area contributed by atoms with Crippen LogP contribution in [0.2, 0.25) is 0 Å². The first-order valence-electron chi connectivity index (χ1n) is 10.7. The van der Waals surface area contributed by atoms with Crippen LogP contribution in [0, 0.1) is 6.92 Å². The van der Waals surface area contributed by atoms with Crippen molar-refractivity contribution in [2.45, 2.75) is 19.4 Å². The van der Waals surface area contributed by atoms with Crippen molar-refractivity contribution in [1.82, 2.24) is 20.4 Å². The van der Waals surface area contributed by atoms with E-state index in [1.165, 1.54) is 0 Å². The van der Waals surface area contributed by atoms with Gasteiger partial charge in [-0.1, -0.05) is 53.7 Å². The fraction of sp³-hybridized carbons (Fsp3) is 0.160. The lowest BCUT2D eigenvalue weighted by Gasteiger charge is -2.22. The molecule has 1 aromatic heterocycles. The summed E-state index contributed by atoms with van der Waals surface area (Å²) < 4.78 is 5.03. The summed E-state index contributed by atoms with van der Waals surface area (Å²) in [6.45, 7) is 2.87. The van der Waals surface area contributed by atoms with Gasteiger partial charge in [0.15, 0.2) is 0 Å². The standard InChI is InChI=1S/C25H21N5O4/c1-15-26-22(29-34-15)19-9-5-6-10-20(19)27-21(31)14-30-23(32)25(2,28-24(30)33)18-12-11-16-7-3-4-8-17(16)13-18/h3-13H,14H2,1-2H3,(H,27,31)(H,28,33). The summed E-state index contributed by atoms with van der Waals surface area (Å²) in [7, 11) is 0. The average Bonchev–Trinajstić information content (AvgIpc) is 3.36. The molecule has 2 heterocycles. The van der Waals surface area contributed by atoms with Gasteiger partial charge in [-0.2, -0.15) is 4.98 Å². The molecule has 0 aliphatic carbocycles. The first kappa shape index (κ1) is 21.3. The number of fused-ring (bicyclic) bond motifs is 1. The molecule has 9 heteroatoms. The zero-order chi connectivity index (χ0) is 23.9. The van der Waals surface area contributed by atoms with Crippen molar-refractivity contribution in [2.24, 2.45) is 0 Å². The normalized spacial score (nSPS) is 17.8. The average molecular weight is 455 g/mol. The van der Waals surface area contributed by atoms with Crippen molar-refractivity contribution in [3.63, 3.8) is 0 Å². The minimum atomic E-state index is -1.28. The van der Waals surface area contributed by atoms with Crippen LogP contribution in [0.3, 0.4) is 0 Å². The first-order chi connectivity index (χ1) is 16.3. The number of hydrogen-bond acceptors (Lipinski definition) is 6. The molecule has 1 atom stereocenters. The molecule has 2 N–H and O–H groups in total. The number of aryl methyl sites for hydroxylation is 1. The van der Waals surface area contributed by atoms with Gasteiger partial charge >= 0.3 is 6.03 Å². The maximum atomic E-state index is 13.3. The van der Waals surface area contributed by atoms with Gasteiger partial charge in [-0.05, 0) is 41.5 Å². The largest absolute Gasteiger partial charge is 0.339 e. The number of imide groups is 1. The Morgan fingerprint density at radius 1 is 1.06 bits per heavy atom. The predicted octanol–water partition coefficient (Wildman–Crippen LogP) is 3.60. The predicted molar refractivity (Wildman–Crippen MR) is 125 cm³/mol. The summed E-state index contributed by atoms with van der Waals surface area (Å²) in [5, 5.41) is 11.4. The molecular formula is C25H21N5O4. The number of nitrogens with zero attached hydrogens (tertiary/aromatic N) is 3. The lowest BCUT2D eigenvalue weighted by Crippen LogP contribution is -2.42. The third-order valence-corrected chi connectivity index (χ3v) is 5.87. The van der Waals surface area contributed by atoms with Gasteiger partial charge in [-0.25, -0.2) is 4.79 Å². The molecule has 0 saturated carbocycles. The summed E-state index contributed by atoms with van der Waals surface area (Å²) in [5.74, 6) is -0.306.